The minimum Gasteiger partial charge on any atom is -0.453 e. The number of hydrogen-bond donors (Lipinski definition) is 2. The zero-order valence-corrected chi connectivity index (χ0v) is 17.9. The fourth-order valence-corrected chi connectivity index (χ4v) is 2.38. The highest BCUT2D eigenvalue weighted by Crippen LogP contribution is 2.27. The van der Waals surface area contributed by atoms with Crippen LogP contribution >= 0.6 is 11.8 Å². The van der Waals surface area contributed by atoms with Crippen molar-refractivity contribution in [2.24, 2.45) is 11.1 Å². The summed E-state index contributed by atoms with van der Waals surface area (Å²) in [5, 5.41) is 13.9. The number of nitrogens with zero attached hydrogens (tertiary/aromatic N) is 1. The lowest BCUT2D eigenvalue weighted by Crippen LogP contribution is -2.24. The van der Waals surface area contributed by atoms with Gasteiger partial charge >= 0.3 is 11.4 Å². The Bertz CT molecular complexity index is 605. The highest BCUT2D eigenvalue weighted by atomic mass is 32.2. The molecule has 0 saturated heterocycles. The molecule has 0 bridgehead atoms. The summed E-state index contributed by atoms with van der Waals surface area (Å²) in [5.41, 5.74) is 0.271. The number of thioether (sulfide) groups is 1. The Hall–Kier alpha value is -2.13. The average molecular weight is 415 g/mol. The molecule has 2 N–H and O–H groups in total. The fraction of sp³-hybridized carbons (Fsp3) is 0.579. The summed E-state index contributed by atoms with van der Waals surface area (Å²) in [7, 11) is 1.37. The highest BCUT2D eigenvalue weighted by Gasteiger charge is 2.23. The summed E-state index contributed by atoms with van der Waals surface area (Å²) in [5.74, 6) is 1.04. The lowest BCUT2D eigenvalue weighted by Gasteiger charge is -2.18. The van der Waals surface area contributed by atoms with Crippen LogP contribution in [0.15, 0.2) is 29.4 Å². The summed E-state index contributed by atoms with van der Waals surface area (Å²) in [6.45, 7) is 8.39. The normalized spacial score (nSPS) is 10.5. The molecule has 158 valence electrons. The third-order valence-electron chi connectivity index (χ3n) is 3.30. The summed E-state index contributed by atoms with van der Waals surface area (Å²) >= 11 is 0.910. The van der Waals surface area contributed by atoms with Crippen molar-refractivity contribution in [3.05, 3.63) is 29.2 Å². The lowest BCUT2D eigenvalue weighted by molar-refractivity contribution is 0.170. The van der Waals surface area contributed by atoms with Crippen molar-refractivity contribution in [2.75, 3.05) is 20.3 Å². The molecule has 0 aliphatic rings. The Kier molecular flexibility index (Phi) is 12.9. The van der Waals surface area contributed by atoms with E-state index in [1.807, 2.05) is 0 Å². The third-order valence-corrected chi connectivity index (χ3v) is 4.23. The zero-order chi connectivity index (χ0) is 21.6. The topological polar surface area (TPSA) is 114 Å². The van der Waals surface area contributed by atoms with E-state index in [0.717, 1.165) is 24.6 Å². The third kappa shape index (κ3) is 13.1. The summed E-state index contributed by atoms with van der Waals surface area (Å²) in [6, 6.07) is 5.89. The molecule has 0 aliphatic carbocycles. The molecule has 0 radical (unpaired) electrons. The maximum atomic E-state index is 11.5. The molecule has 0 fully saturated rings. The number of methoxy groups -OCH3 is 1. The number of nitroso groups, excluding NO2 is 1. The first kappa shape index (κ1) is 25.9. The number of nitrogens with one attached hydrogen (secondary N) is 1. The number of benzene rings is 1. The van der Waals surface area contributed by atoms with E-state index in [9.17, 15) is 14.5 Å². The van der Waals surface area contributed by atoms with Gasteiger partial charge in [0.1, 0.15) is 11.4 Å². The van der Waals surface area contributed by atoms with Crippen molar-refractivity contribution in [3.63, 3.8) is 0 Å². The Morgan fingerprint density at radius 2 is 1.86 bits per heavy atom. The number of alkyl carbamates (subject to hydrolysis) is 1. The molecule has 0 atom stereocenters. The van der Waals surface area contributed by atoms with Crippen molar-refractivity contribution >= 4 is 28.8 Å². The lowest BCUT2D eigenvalue weighted by atomic mass is 10.1. The predicted octanol–water partition coefficient (Wildman–Crippen LogP) is 4.87. The number of aliphatic hydroxyl groups is 1. The van der Waals surface area contributed by atoms with Crippen LogP contribution < -0.4 is 10.1 Å². The number of carbonyl (C=O) groups excluding carboxylic acids is 2. The number of aliphatic hydroxyl groups excluding tert-OH is 1. The molecule has 0 spiro atoms. The molecule has 9 heteroatoms. The maximum Gasteiger partial charge on any atom is 0.406 e. The minimum atomic E-state index is -0.582. The Balaban J connectivity index is 0.000000576. The van der Waals surface area contributed by atoms with Crippen LogP contribution in [0.1, 0.15) is 40.5 Å². The van der Waals surface area contributed by atoms with Gasteiger partial charge in [-0.25, -0.2) is 9.59 Å². The molecular weight excluding hydrogens is 384 g/mol. The Morgan fingerprint density at radius 3 is 2.32 bits per heavy atom. The van der Waals surface area contributed by atoms with Crippen molar-refractivity contribution in [1.29, 1.82) is 0 Å². The van der Waals surface area contributed by atoms with E-state index < -0.39 is 10.0 Å². The molecule has 1 aromatic carbocycles. The van der Waals surface area contributed by atoms with Gasteiger partial charge in [-0.3, -0.25) is 0 Å². The van der Waals surface area contributed by atoms with Gasteiger partial charge in [-0.05, 0) is 73.8 Å². The van der Waals surface area contributed by atoms with Gasteiger partial charge in [-0.2, -0.15) is 0 Å². The predicted molar refractivity (Wildman–Crippen MR) is 111 cm³/mol. The van der Waals surface area contributed by atoms with Gasteiger partial charge in [-0.1, -0.05) is 13.8 Å². The second-order valence-electron chi connectivity index (χ2n) is 6.91. The molecule has 1 aromatic rings. The van der Waals surface area contributed by atoms with E-state index in [1.54, 1.807) is 13.8 Å². The van der Waals surface area contributed by atoms with Crippen LogP contribution in [0.25, 0.3) is 0 Å². The highest BCUT2D eigenvalue weighted by molar-refractivity contribution is 8.14. The molecule has 0 saturated carbocycles. The average Bonchev–Trinajstić information content (AvgIpc) is 2.65. The number of hydrogen-bond acceptors (Lipinski definition) is 8. The SMILES string of the molecule is CC(C)(CO)SC(=O)Oc1ccc(N=O)cc1.COC(=O)NCCCC(C)C. The smallest absolute Gasteiger partial charge is 0.406 e. The quantitative estimate of drug-likeness (QED) is 0.354. The van der Waals surface area contributed by atoms with Crippen molar-refractivity contribution in [2.45, 2.75) is 45.3 Å². The van der Waals surface area contributed by atoms with Gasteiger partial charge in [0.15, 0.2) is 0 Å². The van der Waals surface area contributed by atoms with Crippen LogP contribution in [0.4, 0.5) is 15.3 Å². The number of rotatable bonds is 8. The van der Waals surface area contributed by atoms with Gasteiger partial charge < -0.3 is 19.9 Å². The Morgan fingerprint density at radius 1 is 1.25 bits per heavy atom. The van der Waals surface area contributed by atoms with Gasteiger partial charge in [0.2, 0.25) is 0 Å². The first-order chi connectivity index (χ1) is 13.1. The van der Waals surface area contributed by atoms with Crippen LogP contribution in [0, 0.1) is 10.8 Å². The number of carbonyl (C=O) groups is 2. The van der Waals surface area contributed by atoms with Gasteiger partial charge in [0.05, 0.1) is 13.7 Å². The van der Waals surface area contributed by atoms with E-state index in [4.69, 9.17) is 9.84 Å². The largest absolute Gasteiger partial charge is 0.453 e. The van der Waals surface area contributed by atoms with Crippen LogP contribution in [0.3, 0.4) is 0 Å². The number of ether oxygens (including phenoxy) is 2. The van der Waals surface area contributed by atoms with E-state index in [2.05, 4.69) is 29.1 Å². The molecular formula is C19H30N2O6S. The second-order valence-corrected chi connectivity index (χ2v) is 8.55. The molecule has 0 aromatic heterocycles. The number of amides is 1. The molecule has 0 heterocycles. The van der Waals surface area contributed by atoms with E-state index in [1.165, 1.54) is 31.4 Å². The first-order valence-corrected chi connectivity index (χ1v) is 9.72. The second kappa shape index (κ2) is 14.0. The minimum absolute atomic E-state index is 0.124. The molecule has 8 nitrogen and oxygen atoms in total. The summed E-state index contributed by atoms with van der Waals surface area (Å²) in [4.78, 5) is 32.2. The van der Waals surface area contributed by atoms with Crippen LogP contribution in [-0.4, -0.2) is 41.5 Å². The van der Waals surface area contributed by atoms with Crippen molar-refractivity contribution in [1.82, 2.24) is 5.32 Å². The van der Waals surface area contributed by atoms with Crippen LogP contribution in [0.2, 0.25) is 0 Å². The molecule has 1 amide bonds. The Labute approximate surface area is 170 Å². The maximum absolute atomic E-state index is 11.5. The first-order valence-electron chi connectivity index (χ1n) is 8.90. The van der Waals surface area contributed by atoms with Crippen LogP contribution in [-0.2, 0) is 4.74 Å². The van der Waals surface area contributed by atoms with Gasteiger partial charge in [0.25, 0.3) is 0 Å². The molecule has 0 unspecified atom stereocenters. The fourth-order valence-electron chi connectivity index (χ4n) is 1.72. The summed E-state index contributed by atoms with van der Waals surface area (Å²) < 4.78 is 8.85. The zero-order valence-electron chi connectivity index (χ0n) is 17.1. The molecule has 28 heavy (non-hydrogen) atoms. The monoisotopic (exact) mass is 414 g/mol. The van der Waals surface area contributed by atoms with Crippen LogP contribution in [0.5, 0.6) is 5.75 Å². The van der Waals surface area contributed by atoms with Crippen molar-refractivity contribution in [3.8, 4) is 5.75 Å². The van der Waals surface area contributed by atoms with Gasteiger partial charge in [-0.15, -0.1) is 4.91 Å². The molecule has 1 rings (SSSR count). The summed E-state index contributed by atoms with van der Waals surface area (Å²) in [6.07, 6.45) is 1.82. The molecule has 0 aliphatic heterocycles. The van der Waals surface area contributed by atoms with Gasteiger partial charge in [0, 0.05) is 11.3 Å². The van der Waals surface area contributed by atoms with E-state index in [0.29, 0.717) is 18.2 Å². The van der Waals surface area contributed by atoms with E-state index >= 15 is 0 Å². The standard InChI is InChI=1S/C11H13NO4S.C8H17NO2/c1-11(2,7-13)17-10(14)16-9-5-3-8(12-15)4-6-9;1-7(2)5-4-6-9-8(10)11-3/h3-6,13H,7H2,1-2H3;7H,4-6H2,1-3H3,(H,9,10). The van der Waals surface area contributed by atoms with Crippen molar-refractivity contribution < 1.29 is 24.2 Å². The van der Waals surface area contributed by atoms with E-state index in [-0.39, 0.29) is 18.4 Å².